The molecule has 3 heterocycles. The summed E-state index contributed by atoms with van der Waals surface area (Å²) in [7, 11) is 0. The molecule has 4 rings (SSSR count). The number of amides is 1. The number of carbonyl (C=O) groups is 1. The summed E-state index contributed by atoms with van der Waals surface area (Å²) in [5, 5.41) is 3.33. The number of benzene rings is 1. The summed E-state index contributed by atoms with van der Waals surface area (Å²) in [6.07, 6.45) is 2.62. The molecule has 2 aromatic rings. The number of pyridine rings is 1. The summed E-state index contributed by atoms with van der Waals surface area (Å²) in [5.41, 5.74) is 3.41. The van der Waals surface area contributed by atoms with Gasteiger partial charge in [-0.15, -0.1) is 0 Å². The highest BCUT2D eigenvalue weighted by Crippen LogP contribution is 2.43. The number of nitrogens with zero attached hydrogens (tertiary/aromatic N) is 2. The summed E-state index contributed by atoms with van der Waals surface area (Å²) in [6, 6.07) is 16.7. The number of aromatic nitrogens is 1. The molecule has 2 aliphatic rings. The molecule has 1 spiro atoms. The third kappa shape index (κ3) is 3.31. The SMILES string of the molecule is Cc1cccc(CN2CCC3(CC2)NC(=O)CC3c2ccccc2)n1. The normalized spacial score (nSPS) is 22.9. The predicted octanol–water partition coefficient (Wildman–Crippen LogP) is 3.03. The van der Waals surface area contributed by atoms with Crippen LogP contribution >= 0.6 is 0 Å². The molecule has 1 aromatic heterocycles. The van der Waals surface area contributed by atoms with Crippen molar-refractivity contribution in [3.63, 3.8) is 0 Å². The van der Waals surface area contributed by atoms with Gasteiger partial charge in [0.2, 0.25) is 5.91 Å². The number of rotatable bonds is 3. The molecule has 1 N–H and O–H groups in total. The lowest BCUT2D eigenvalue weighted by atomic mass is 9.74. The smallest absolute Gasteiger partial charge is 0.221 e. The molecule has 2 saturated heterocycles. The number of nitrogens with one attached hydrogen (secondary N) is 1. The molecule has 0 aliphatic carbocycles. The van der Waals surface area contributed by atoms with E-state index < -0.39 is 0 Å². The van der Waals surface area contributed by atoms with E-state index >= 15 is 0 Å². The molecule has 25 heavy (non-hydrogen) atoms. The zero-order chi connectivity index (χ0) is 17.3. The van der Waals surface area contributed by atoms with Crippen LogP contribution in [0, 0.1) is 6.92 Å². The van der Waals surface area contributed by atoms with E-state index in [1.54, 1.807) is 0 Å². The van der Waals surface area contributed by atoms with E-state index in [2.05, 4.69) is 51.6 Å². The van der Waals surface area contributed by atoms with Gasteiger partial charge in [0.25, 0.3) is 0 Å². The Balaban J connectivity index is 1.47. The van der Waals surface area contributed by atoms with E-state index in [-0.39, 0.29) is 11.4 Å². The second-order valence-electron chi connectivity index (χ2n) is 7.42. The van der Waals surface area contributed by atoms with Crippen LogP contribution in [0.5, 0.6) is 0 Å². The molecule has 0 radical (unpaired) electrons. The highest BCUT2D eigenvalue weighted by atomic mass is 16.2. The number of likely N-dealkylation sites (tertiary alicyclic amines) is 1. The third-order valence-electron chi connectivity index (χ3n) is 5.73. The fraction of sp³-hybridized carbons (Fsp3) is 0.429. The number of aryl methyl sites for hydroxylation is 1. The second kappa shape index (κ2) is 6.60. The lowest BCUT2D eigenvalue weighted by Gasteiger charge is -2.43. The molecular formula is C21H25N3O. The molecule has 1 unspecified atom stereocenters. The van der Waals surface area contributed by atoms with Gasteiger partial charge in [0.05, 0.1) is 5.69 Å². The summed E-state index contributed by atoms with van der Waals surface area (Å²) >= 11 is 0. The maximum Gasteiger partial charge on any atom is 0.221 e. The fourth-order valence-electron chi connectivity index (χ4n) is 4.42. The monoisotopic (exact) mass is 335 g/mol. The molecule has 0 bridgehead atoms. The Kier molecular flexibility index (Phi) is 4.30. The predicted molar refractivity (Wildman–Crippen MR) is 98.2 cm³/mol. The molecule has 4 heteroatoms. The van der Waals surface area contributed by atoms with Gasteiger partial charge >= 0.3 is 0 Å². The molecule has 1 aromatic carbocycles. The topological polar surface area (TPSA) is 45.2 Å². The van der Waals surface area contributed by atoms with E-state index in [0.717, 1.165) is 43.9 Å². The van der Waals surface area contributed by atoms with Crippen molar-refractivity contribution in [3.05, 3.63) is 65.5 Å². The van der Waals surface area contributed by atoms with Crippen molar-refractivity contribution in [2.45, 2.75) is 44.2 Å². The van der Waals surface area contributed by atoms with E-state index in [0.29, 0.717) is 12.3 Å². The molecule has 130 valence electrons. The van der Waals surface area contributed by atoms with Crippen molar-refractivity contribution in [1.29, 1.82) is 0 Å². The van der Waals surface area contributed by atoms with Gasteiger partial charge in [-0.1, -0.05) is 36.4 Å². The Hall–Kier alpha value is -2.20. The van der Waals surface area contributed by atoms with Crippen LogP contribution in [0.4, 0.5) is 0 Å². The van der Waals surface area contributed by atoms with Gasteiger partial charge in [0, 0.05) is 43.2 Å². The van der Waals surface area contributed by atoms with Crippen LogP contribution in [-0.2, 0) is 11.3 Å². The highest BCUT2D eigenvalue weighted by molar-refractivity contribution is 5.81. The van der Waals surface area contributed by atoms with Gasteiger partial charge in [0.1, 0.15) is 0 Å². The molecule has 0 saturated carbocycles. The number of carbonyl (C=O) groups excluding carboxylic acids is 1. The number of hydrogen-bond donors (Lipinski definition) is 1. The molecule has 1 atom stereocenters. The first-order valence-electron chi connectivity index (χ1n) is 9.15. The molecule has 2 aliphatic heterocycles. The maximum absolute atomic E-state index is 12.2. The van der Waals surface area contributed by atoms with Crippen LogP contribution in [0.1, 0.15) is 42.1 Å². The van der Waals surface area contributed by atoms with E-state index in [4.69, 9.17) is 0 Å². The summed E-state index contributed by atoms with van der Waals surface area (Å²) < 4.78 is 0. The van der Waals surface area contributed by atoms with Crippen LogP contribution in [-0.4, -0.2) is 34.4 Å². The summed E-state index contributed by atoms with van der Waals surface area (Å²) in [4.78, 5) is 19.3. The highest BCUT2D eigenvalue weighted by Gasteiger charge is 2.48. The lowest BCUT2D eigenvalue weighted by molar-refractivity contribution is -0.120. The first kappa shape index (κ1) is 16.3. The van der Waals surface area contributed by atoms with Crippen LogP contribution in [0.3, 0.4) is 0 Å². The van der Waals surface area contributed by atoms with Gasteiger partial charge in [0.15, 0.2) is 0 Å². The number of piperidine rings is 1. The second-order valence-corrected chi connectivity index (χ2v) is 7.42. The minimum atomic E-state index is -0.0744. The Morgan fingerprint density at radius 3 is 2.60 bits per heavy atom. The maximum atomic E-state index is 12.2. The Morgan fingerprint density at radius 2 is 1.88 bits per heavy atom. The molecular weight excluding hydrogens is 310 g/mol. The van der Waals surface area contributed by atoms with Crippen molar-refractivity contribution < 1.29 is 4.79 Å². The largest absolute Gasteiger partial charge is 0.350 e. The van der Waals surface area contributed by atoms with Crippen molar-refractivity contribution in [2.75, 3.05) is 13.1 Å². The van der Waals surface area contributed by atoms with Crippen LogP contribution in [0.25, 0.3) is 0 Å². The average Bonchev–Trinajstić information content (AvgIpc) is 2.94. The quantitative estimate of drug-likeness (QED) is 0.938. The van der Waals surface area contributed by atoms with Gasteiger partial charge in [-0.3, -0.25) is 14.7 Å². The lowest BCUT2D eigenvalue weighted by Crippen LogP contribution is -2.53. The molecule has 1 amide bonds. The Labute approximate surface area is 149 Å². The van der Waals surface area contributed by atoms with Crippen LogP contribution < -0.4 is 5.32 Å². The van der Waals surface area contributed by atoms with E-state index in [1.807, 2.05) is 19.1 Å². The summed E-state index contributed by atoms with van der Waals surface area (Å²) in [6.45, 7) is 4.92. The number of hydrogen-bond acceptors (Lipinski definition) is 3. The van der Waals surface area contributed by atoms with Gasteiger partial charge in [-0.2, -0.15) is 0 Å². The first-order valence-corrected chi connectivity index (χ1v) is 9.15. The van der Waals surface area contributed by atoms with Crippen molar-refractivity contribution in [1.82, 2.24) is 15.2 Å². The summed E-state index contributed by atoms with van der Waals surface area (Å²) in [5.74, 6) is 0.489. The zero-order valence-electron chi connectivity index (χ0n) is 14.7. The first-order chi connectivity index (χ1) is 12.1. The fourth-order valence-corrected chi connectivity index (χ4v) is 4.42. The average molecular weight is 335 g/mol. The van der Waals surface area contributed by atoms with Crippen LogP contribution in [0.2, 0.25) is 0 Å². The van der Waals surface area contributed by atoms with E-state index in [1.165, 1.54) is 5.56 Å². The third-order valence-corrected chi connectivity index (χ3v) is 5.73. The van der Waals surface area contributed by atoms with Crippen LogP contribution in [0.15, 0.2) is 48.5 Å². The van der Waals surface area contributed by atoms with E-state index in [9.17, 15) is 4.79 Å². The zero-order valence-corrected chi connectivity index (χ0v) is 14.7. The minimum absolute atomic E-state index is 0.0744. The standard InChI is InChI=1S/C21H25N3O/c1-16-6-5-9-18(22-16)15-24-12-10-21(11-13-24)19(14-20(25)23-21)17-7-3-2-4-8-17/h2-9,19H,10-15H2,1H3,(H,23,25). The van der Waals surface area contributed by atoms with Gasteiger partial charge < -0.3 is 5.32 Å². The van der Waals surface area contributed by atoms with Gasteiger partial charge in [-0.05, 0) is 37.5 Å². The van der Waals surface area contributed by atoms with Crippen molar-refractivity contribution in [2.24, 2.45) is 0 Å². The van der Waals surface area contributed by atoms with Gasteiger partial charge in [-0.25, -0.2) is 0 Å². The van der Waals surface area contributed by atoms with Crippen molar-refractivity contribution in [3.8, 4) is 0 Å². The Bertz CT molecular complexity index is 751. The Morgan fingerprint density at radius 1 is 1.12 bits per heavy atom. The van der Waals surface area contributed by atoms with Crippen molar-refractivity contribution >= 4 is 5.91 Å². The molecule has 4 nitrogen and oxygen atoms in total. The minimum Gasteiger partial charge on any atom is -0.350 e. The molecule has 2 fully saturated rings.